The number of likely N-dealkylation sites (N-methyl/N-ethyl adjacent to an activating group) is 1. The zero-order valence-electron chi connectivity index (χ0n) is 24.0. The topological polar surface area (TPSA) is 116 Å². The van der Waals surface area contributed by atoms with E-state index >= 15 is 8.78 Å². The number of halogens is 5. The first-order chi connectivity index (χ1) is 20.7. The van der Waals surface area contributed by atoms with Crippen LogP contribution in [0, 0.1) is 11.6 Å². The highest BCUT2D eigenvalue weighted by Gasteiger charge is 2.42. The van der Waals surface area contributed by atoms with Gasteiger partial charge in [-0.1, -0.05) is 6.07 Å². The van der Waals surface area contributed by atoms with E-state index in [2.05, 4.69) is 14.7 Å². The Kier molecular flexibility index (Phi) is 9.78. The number of hydrogen-bond donors (Lipinski definition) is 2. The maximum absolute atomic E-state index is 15.2. The minimum atomic E-state index is -4.61. The fourth-order valence-electron chi connectivity index (χ4n) is 6.11. The molecule has 2 atom stereocenters. The summed E-state index contributed by atoms with van der Waals surface area (Å²) in [6.07, 6.45) is 1.38. The van der Waals surface area contributed by atoms with Gasteiger partial charge in [0.2, 0.25) is 0 Å². The molecular weight excluding hydrogens is 609 g/mol. The van der Waals surface area contributed by atoms with Gasteiger partial charge in [0.15, 0.2) is 4.90 Å². The van der Waals surface area contributed by atoms with Crippen LogP contribution in [0.1, 0.15) is 48.3 Å². The van der Waals surface area contributed by atoms with Crippen LogP contribution >= 0.6 is 0 Å². The molecule has 2 heterocycles. The molecule has 0 saturated carbocycles. The molecule has 1 aromatic heterocycles. The molecule has 15 heteroatoms. The van der Waals surface area contributed by atoms with Crippen molar-refractivity contribution in [2.45, 2.75) is 54.6 Å². The van der Waals surface area contributed by atoms with Crippen molar-refractivity contribution in [3.63, 3.8) is 0 Å². The molecule has 1 saturated heterocycles. The number of aromatic nitrogens is 2. The van der Waals surface area contributed by atoms with E-state index < -0.39 is 43.8 Å². The summed E-state index contributed by atoms with van der Waals surface area (Å²) in [4.78, 5) is 18.5. The molecule has 238 valence electrons. The maximum Gasteiger partial charge on any atom is 0.416 e. The van der Waals surface area contributed by atoms with E-state index in [1.54, 1.807) is 6.07 Å². The van der Waals surface area contributed by atoms with E-state index in [4.69, 9.17) is 9.90 Å². The Hall–Kier alpha value is -3.85. The Morgan fingerprint density at radius 1 is 1.16 bits per heavy atom. The smallest absolute Gasteiger partial charge is 0.416 e. The number of alkyl halides is 3. The molecule has 9 nitrogen and oxygen atoms in total. The molecular formula is C29H32F5N5O4S. The first-order valence-electron chi connectivity index (χ1n) is 13.7. The highest BCUT2D eigenvalue weighted by Crippen LogP contribution is 2.45. The second kappa shape index (κ2) is 13.0. The Morgan fingerprint density at radius 3 is 2.43 bits per heavy atom. The summed E-state index contributed by atoms with van der Waals surface area (Å²) in [5.41, 5.74) is 0.674. The normalized spacial score (nSPS) is 20.1. The van der Waals surface area contributed by atoms with E-state index in [1.165, 1.54) is 18.3 Å². The summed E-state index contributed by atoms with van der Waals surface area (Å²) < 4.78 is 98.3. The average Bonchev–Trinajstić information content (AvgIpc) is 3.34. The first-order valence-corrected chi connectivity index (χ1v) is 15.2. The molecule has 3 aromatic rings. The molecule has 1 fully saturated rings. The van der Waals surface area contributed by atoms with Crippen LogP contribution in [-0.2, 0) is 27.4 Å². The number of fused-ring (bicyclic) bond motifs is 1. The number of rotatable bonds is 7. The van der Waals surface area contributed by atoms with Gasteiger partial charge in [-0.3, -0.25) is 9.52 Å². The predicted molar refractivity (Wildman–Crippen MR) is 153 cm³/mol. The van der Waals surface area contributed by atoms with Crippen LogP contribution in [0.15, 0.2) is 53.8 Å². The average molecular weight is 642 g/mol. The van der Waals surface area contributed by atoms with Gasteiger partial charge in [0, 0.05) is 30.5 Å². The lowest BCUT2D eigenvalue weighted by molar-refractivity contribution is -0.137. The lowest BCUT2D eigenvalue weighted by Gasteiger charge is -2.49. The first kappa shape index (κ1) is 33.1. The van der Waals surface area contributed by atoms with E-state index in [9.17, 15) is 21.6 Å². The quantitative estimate of drug-likeness (QED) is 0.264. The number of nitrogens with one attached hydrogen (secondary N) is 1. The maximum atomic E-state index is 15.2. The van der Waals surface area contributed by atoms with Crippen molar-refractivity contribution in [3.8, 4) is 0 Å². The molecule has 44 heavy (non-hydrogen) atoms. The summed E-state index contributed by atoms with van der Waals surface area (Å²) in [7, 11) is -0.806. The lowest BCUT2D eigenvalue weighted by atomic mass is 9.77. The van der Waals surface area contributed by atoms with Crippen molar-refractivity contribution in [1.82, 2.24) is 14.9 Å². The van der Waals surface area contributed by atoms with E-state index in [0.717, 1.165) is 42.9 Å². The van der Waals surface area contributed by atoms with Crippen molar-refractivity contribution >= 4 is 28.0 Å². The summed E-state index contributed by atoms with van der Waals surface area (Å²) in [6, 6.07) is 7.21. The van der Waals surface area contributed by atoms with Gasteiger partial charge >= 0.3 is 6.18 Å². The third kappa shape index (κ3) is 7.09. The van der Waals surface area contributed by atoms with Crippen molar-refractivity contribution in [2.24, 2.45) is 0 Å². The molecule has 0 unspecified atom stereocenters. The monoisotopic (exact) mass is 641 g/mol. The number of nitrogens with zero attached hydrogens (tertiary/aromatic N) is 4. The number of carboxylic acid groups (broad SMARTS) is 1. The molecule has 2 aromatic carbocycles. The van der Waals surface area contributed by atoms with Gasteiger partial charge in [0.25, 0.3) is 16.5 Å². The highest BCUT2D eigenvalue weighted by molar-refractivity contribution is 7.92. The molecule has 2 N–H and O–H groups in total. The molecule has 1 aliphatic heterocycles. The lowest BCUT2D eigenvalue weighted by Crippen LogP contribution is -2.57. The molecule has 0 radical (unpaired) electrons. The molecule has 0 spiro atoms. The van der Waals surface area contributed by atoms with Gasteiger partial charge in [-0.15, -0.1) is 0 Å². The zero-order chi connectivity index (χ0) is 32.3. The SMILES string of the molecule is CN(C)[C@@]1(C[C@H]2CCc3ccc(C(F)(F)F)cc32)CCCN(c2cc(F)c(S(=O)(=O)Nc3ccncn3)c(F)c2)C1.O=CO. The van der Waals surface area contributed by atoms with Crippen LogP contribution in [0.4, 0.5) is 33.5 Å². The number of benzene rings is 2. The third-order valence-corrected chi connectivity index (χ3v) is 9.65. The van der Waals surface area contributed by atoms with Gasteiger partial charge in [0.1, 0.15) is 23.8 Å². The minimum Gasteiger partial charge on any atom is -0.483 e. The standard InChI is InChI=1S/C28H30F5N5O2S.CH2O2/c1-37(2)27(15-19-5-4-18-6-7-20(12-22(18)19)28(31,32)33)9-3-11-38(16-27)21-13-23(29)26(24(30)14-21)41(39,40)36-25-8-10-34-17-35-25;2-1-3/h6-8,10,12-14,17,19H,3-5,9,11,15-16H2,1-2H3,(H,34,35,36);1H,(H,2,3)/t19-,27-;/m1./s1. The summed E-state index contributed by atoms with van der Waals surface area (Å²) in [5, 5.41) is 6.89. The molecule has 0 amide bonds. The van der Waals surface area contributed by atoms with Crippen molar-refractivity contribution in [3.05, 3.63) is 77.2 Å². The Morgan fingerprint density at radius 2 is 1.84 bits per heavy atom. The van der Waals surface area contributed by atoms with Gasteiger partial charge in [-0.05, 0) is 93.6 Å². The van der Waals surface area contributed by atoms with Gasteiger partial charge < -0.3 is 14.9 Å². The fourth-order valence-corrected chi connectivity index (χ4v) is 7.24. The highest BCUT2D eigenvalue weighted by atomic mass is 32.2. The molecule has 5 rings (SSSR count). The zero-order valence-corrected chi connectivity index (χ0v) is 24.8. The number of hydrogen-bond acceptors (Lipinski definition) is 7. The number of carbonyl (C=O) groups is 1. The Bertz CT molecular complexity index is 1570. The third-order valence-electron chi connectivity index (χ3n) is 8.24. The number of anilines is 2. The molecule has 1 aliphatic carbocycles. The van der Waals surface area contributed by atoms with Crippen LogP contribution < -0.4 is 9.62 Å². The van der Waals surface area contributed by atoms with E-state index in [1.807, 2.05) is 23.9 Å². The van der Waals surface area contributed by atoms with Crippen LogP contribution in [-0.4, -0.2) is 67.6 Å². The largest absolute Gasteiger partial charge is 0.483 e. The van der Waals surface area contributed by atoms with Crippen LogP contribution in [0.5, 0.6) is 0 Å². The summed E-state index contributed by atoms with van der Waals surface area (Å²) in [5.74, 6) is -2.71. The van der Waals surface area contributed by atoms with Crippen molar-refractivity contribution in [1.29, 1.82) is 0 Å². The summed E-state index contributed by atoms with van der Waals surface area (Å²) >= 11 is 0. The number of piperidine rings is 1. The van der Waals surface area contributed by atoms with Gasteiger partial charge in [0.05, 0.1) is 5.56 Å². The predicted octanol–water partition coefficient (Wildman–Crippen LogP) is 5.30. The number of aryl methyl sites for hydroxylation is 1. The Labute approximate surface area is 251 Å². The number of sulfonamides is 1. The van der Waals surface area contributed by atoms with Gasteiger partial charge in [-0.2, -0.15) is 13.2 Å². The van der Waals surface area contributed by atoms with Crippen LogP contribution in [0.2, 0.25) is 0 Å². The molecule has 2 aliphatic rings. The van der Waals surface area contributed by atoms with E-state index in [-0.39, 0.29) is 23.9 Å². The second-order valence-corrected chi connectivity index (χ2v) is 12.7. The van der Waals surface area contributed by atoms with Gasteiger partial charge in [-0.25, -0.2) is 27.2 Å². The Balaban J connectivity index is 0.00000141. The van der Waals surface area contributed by atoms with Crippen LogP contribution in [0.3, 0.4) is 0 Å². The molecule has 0 bridgehead atoms. The van der Waals surface area contributed by atoms with Crippen molar-refractivity contribution in [2.75, 3.05) is 36.8 Å². The summed E-state index contributed by atoms with van der Waals surface area (Å²) in [6.45, 7) is 0.605. The second-order valence-electron chi connectivity index (χ2n) is 11.0. The van der Waals surface area contributed by atoms with E-state index in [0.29, 0.717) is 37.9 Å². The van der Waals surface area contributed by atoms with Crippen molar-refractivity contribution < 1.29 is 40.3 Å². The minimum absolute atomic E-state index is 0.0940. The fraction of sp³-hybridized carbons (Fsp3) is 0.414. The van der Waals surface area contributed by atoms with Crippen LogP contribution in [0.25, 0.3) is 0 Å².